The number of rotatable bonds is 13. The maximum Gasteiger partial charge on any atom is 0.573 e. The Morgan fingerprint density at radius 2 is 1.76 bits per heavy atom. The molecule has 0 amide bonds. The fourth-order valence-electron chi connectivity index (χ4n) is 4.96. The van der Waals surface area contributed by atoms with E-state index in [0.29, 0.717) is 6.54 Å². The zero-order chi connectivity index (χ0) is 29.2. The molecule has 41 heavy (non-hydrogen) atoms. The van der Waals surface area contributed by atoms with Gasteiger partial charge in [0.05, 0.1) is 11.5 Å². The molecule has 1 aromatic heterocycles. The van der Waals surface area contributed by atoms with Gasteiger partial charge in [-0.3, -0.25) is 10.1 Å². The Morgan fingerprint density at radius 1 is 1.05 bits per heavy atom. The second kappa shape index (κ2) is 14.1. The molecule has 4 rings (SSSR count). The number of para-hydroxylation sites is 1. The lowest BCUT2D eigenvalue weighted by molar-refractivity contribution is -0.384. The molecule has 10 nitrogen and oxygen atoms in total. The van der Waals surface area contributed by atoms with Gasteiger partial charge in [-0.25, -0.2) is 4.98 Å². The fraction of sp³-hybridized carbons (Fsp3) is 0.429. The minimum Gasteiger partial charge on any atom is -0.405 e. The van der Waals surface area contributed by atoms with Gasteiger partial charge >= 0.3 is 12.0 Å². The van der Waals surface area contributed by atoms with Crippen LogP contribution >= 0.6 is 0 Å². The van der Waals surface area contributed by atoms with E-state index >= 15 is 0 Å². The smallest absolute Gasteiger partial charge is 0.405 e. The molecule has 13 heteroatoms. The SMILES string of the molecule is O=[N+]([O-])c1cnc(NCc2ccccc2OC(F)(F)F)nc1NC[C@H]1CC[C@H](N[C@@H](CO)Cc2ccccc2)CC1. The van der Waals surface area contributed by atoms with E-state index in [9.17, 15) is 28.4 Å². The number of halogens is 3. The highest BCUT2D eigenvalue weighted by molar-refractivity contribution is 5.57. The fourth-order valence-corrected chi connectivity index (χ4v) is 4.96. The Labute approximate surface area is 235 Å². The van der Waals surface area contributed by atoms with Gasteiger partial charge in [-0.15, -0.1) is 13.2 Å². The van der Waals surface area contributed by atoms with Crippen LogP contribution in [0.2, 0.25) is 0 Å². The molecule has 2 aromatic carbocycles. The van der Waals surface area contributed by atoms with Gasteiger partial charge in [-0.1, -0.05) is 48.5 Å². The number of aromatic nitrogens is 2. The van der Waals surface area contributed by atoms with Crippen molar-refractivity contribution in [3.05, 3.63) is 82.0 Å². The highest BCUT2D eigenvalue weighted by atomic mass is 19.4. The summed E-state index contributed by atoms with van der Waals surface area (Å²) in [4.78, 5) is 19.2. The number of nitrogens with one attached hydrogen (secondary N) is 3. The number of alkyl halides is 3. The molecule has 0 bridgehead atoms. The Balaban J connectivity index is 1.30. The van der Waals surface area contributed by atoms with Crippen molar-refractivity contribution in [1.29, 1.82) is 0 Å². The van der Waals surface area contributed by atoms with Gasteiger partial charge in [0.2, 0.25) is 11.8 Å². The van der Waals surface area contributed by atoms with Crippen molar-refractivity contribution in [3.63, 3.8) is 0 Å². The standard InChI is InChI=1S/C28H33F3N6O4/c29-28(30,31)41-25-9-5-4-8-21(25)16-33-27-34-17-24(37(39)40)26(36-27)32-15-20-10-12-22(13-11-20)35-23(18-38)14-19-6-2-1-3-7-19/h1-9,17,20,22-23,35,38H,10-16,18H2,(H2,32,33,34,36)/t20-,22-,23-/m1/s1. The summed E-state index contributed by atoms with van der Waals surface area (Å²) in [7, 11) is 0. The quantitative estimate of drug-likeness (QED) is 0.163. The zero-order valence-corrected chi connectivity index (χ0v) is 22.3. The predicted octanol–water partition coefficient (Wildman–Crippen LogP) is 5.06. The molecule has 1 aliphatic rings. The van der Waals surface area contributed by atoms with Gasteiger partial charge in [-0.2, -0.15) is 4.98 Å². The van der Waals surface area contributed by atoms with Gasteiger partial charge in [0.25, 0.3) is 0 Å². The van der Waals surface area contributed by atoms with Crippen LogP contribution in [0.3, 0.4) is 0 Å². The normalized spacial score (nSPS) is 18.0. The summed E-state index contributed by atoms with van der Waals surface area (Å²) in [5.74, 6) is -0.0209. The second-order valence-electron chi connectivity index (χ2n) is 10.0. The molecule has 0 saturated heterocycles. The first-order chi connectivity index (χ1) is 19.7. The number of aliphatic hydroxyl groups excluding tert-OH is 1. The number of benzene rings is 2. The van der Waals surface area contributed by atoms with Gasteiger partial charge in [0.1, 0.15) is 11.9 Å². The summed E-state index contributed by atoms with van der Waals surface area (Å²) >= 11 is 0. The summed E-state index contributed by atoms with van der Waals surface area (Å²) in [5.41, 5.74) is 1.09. The Kier molecular flexibility index (Phi) is 10.3. The van der Waals surface area contributed by atoms with E-state index in [1.807, 2.05) is 30.3 Å². The number of hydrogen-bond donors (Lipinski definition) is 4. The predicted molar refractivity (Wildman–Crippen MR) is 148 cm³/mol. The van der Waals surface area contributed by atoms with Crippen LogP contribution in [0, 0.1) is 16.0 Å². The molecule has 0 unspecified atom stereocenters. The number of aliphatic hydroxyl groups is 1. The molecular weight excluding hydrogens is 541 g/mol. The third-order valence-corrected chi connectivity index (χ3v) is 7.02. The van der Waals surface area contributed by atoms with Crippen LogP contribution in [-0.4, -0.2) is 51.6 Å². The van der Waals surface area contributed by atoms with Gasteiger partial charge < -0.3 is 25.8 Å². The van der Waals surface area contributed by atoms with Crippen molar-refractivity contribution in [2.24, 2.45) is 5.92 Å². The largest absolute Gasteiger partial charge is 0.573 e. The summed E-state index contributed by atoms with van der Waals surface area (Å²) in [6, 6.07) is 15.9. The first-order valence-electron chi connectivity index (χ1n) is 13.4. The number of hydrogen-bond acceptors (Lipinski definition) is 9. The second-order valence-corrected chi connectivity index (χ2v) is 10.0. The molecule has 1 saturated carbocycles. The monoisotopic (exact) mass is 574 g/mol. The van der Waals surface area contributed by atoms with E-state index in [-0.39, 0.29) is 59.9 Å². The van der Waals surface area contributed by atoms with Crippen LogP contribution in [-0.2, 0) is 13.0 Å². The van der Waals surface area contributed by atoms with Crippen molar-refractivity contribution in [2.75, 3.05) is 23.8 Å². The van der Waals surface area contributed by atoms with Crippen molar-refractivity contribution in [2.45, 2.75) is 57.1 Å². The van der Waals surface area contributed by atoms with E-state index in [0.717, 1.165) is 43.9 Å². The number of nitro groups is 1. The third kappa shape index (κ3) is 9.29. The Hall–Kier alpha value is -3.97. The first-order valence-corrected chi connectivity index (χ1v) is 13.4. The third-order valence-electron chi connectivity index (χ3n) is 7.02. The van der Waals surface area contributed by atoms with Crippen LogP contribution in [0.4, 0.5) is 30.6 Å². The summed E-state index contributed by atoms with van der Waals surface area (Å²) < 4.78 is 42.2. The highest BCUT2D eigenvalue weighted by Crippen LogP contribution is 2.29. The van der Waals surface area contributed by atoms with E-state index in [1.165, 1.54) is 18.2 Å². The maximum absolute atomic E-state index is 12.7. The molecular formula is C28H33F3N6O4. The molecule has 0 aliphatic heterocycles. The molecule has 1 aliphatic carbocycles. The van der Waals surface area contributed by atoms with E-state index in [2.05, 4.69) is 30.7 Å². The lowest BCUT2D eigenvalue weighted by Gasteiger charge is -2.32. The van der Waals surface area contributed by atoms with E-state index in [4.69, 9.17) is 0 Å². The minimum absolute atomic E-state index is 0.0290. The molecule has 0 spiro atoms. The summed E-state index contributed by atoms with van der Waals surface area (Å²) in [6.45, 7) is 0.435. The van der Waals surface area contributed by atoms with Crippen molar-refractivity contribution >= 4 is 17.5 Å². The number of ether oxygens (including phenoxy) is 1. The number of anilines is 2. The van der Waals surface area contributed by atoms with Crippen molar-refractivity contribution in [1.82, 2.24) is 15.3 Å². The molecule has 3 aromatic rings. The van der Waals surface area contributed by atoms with Gasteiger partial charge in [-0.05, 0) is 49.7 Å². The number of nitrogens with zero attached hydrogens (tertiary/aromatic N) is 3. The minimum atomic E-state index is -4.84. The van der Waals surface area contributed by atoms with Crippen LogP contribution in [0.25, 0.3) is 0 Å². The van der Waals surface area contributed by atoms with E-state index < -0.39 is 11.3 Å². The average molecular weight is 575 g/mol. The van der Waals surface area contributed by atoms with Crippen LogP contribution in [0.1, 0.15) is 36.8 Å². The summed E-state index contributed by atoms with van der Waals surface area (Å²) in [5, 5.41) is 30.9. The Morgan fingerprint density at radius 3 is 2.44 bits per heavy atom. The molecule has 1 atom stereocenters. The first kappa shape index (κ1) is 30.0. The Bertz CT molecular complexity index is 1270. The van der Waals surface area contributed by atoms with Crippen LogP contribution in [0.15, 0.2) is 60.8 Å². The van der Waals surface area contributed by atoms with Crippen molar-refractivity contribution in [3.8, 4) is 5.75 Å². The maximum atomic E-state index is 12.7. The molecule has 1 fully saturated rings. The van der Waals surface area contributed by atoms with Gasteiger partial charge in [0, 0.05) is 30.7 Å². The zero-order valence-electron chi connectivity index (χ0n) is 22.3. The molecule has 220 valence electrons. The van der Waals surface area contributed by atoms with Crippen LogP contribution < -0.4 is 20.7 Å². The average Bonchev–Trinajstić information content (AvgIpc) is 2.95. The van der Waals surface area contributed by atoms with E-state index in [1.54, 1.807) is 6.07 Å². The van der Waals surface area contributed by atoms with Crippen molar-refractivity contribution < 1.29 is 27.9 Å². The van der Waals surface area contributed by atoms with Crippen LogP contribution in [0.5, 0.6) is 5.75 Å². The highest BCUT2D eigenvalue weighted by Gasteiger charge is 2.32. The topological polar surface area (TPSA) is 134 Å². The summed E-state index contributed by atoms with van der Waals surface area (Å²) in [6.07, 6.45) is 0.592. The van der Waals surface area contributed by atoms with Gasteiger partial charge in [0.15, 0.2) is 0 Å². The lowest BCUT2D eigenvalue weighted by atomic mass is 9.85. The molecule has 0 radical (unpaired) electrons. The lowest BCUT2D eigenvalue weighted by Crippen LogP contribution is -2.44. The molecule has 4 N–H and O–H groups in total. The molecule has 1 heterocycles.